The zero-order valence-electron chi connectivity index (χ0n) is 19.2. The second kappa shape index (κ2) is 10.6. The fourth-order valence-electron chi connectivity index (χ4n) is 4.01. The summed E-state index contributed by atoms with van der Waals surface area (Å²) in [7, 11) is -0.845. The number of hydrogen-bond donors (Lipinski definition) is 0. The molecule has 0 aromatic rings. The van der Waals surface area contributed by atoms with Crippen LogP contribution in [-0.4, -0.2) is 66.5 Å². The minimum absolute atomic E-state index is 0.582. The Morgan fingerprint density at radius 1 is 0.643 bits per heavy atom. The van der Waals surface area contributed by atoms with E-state index in [0.29, 0.717) is 12.8 Å². The number of rotatable bonds is 15. The van der Waals surface area contributed by atoms with Crippen LogP contribution in [0.3, 0.4) is 0 Å². The molecule has 0 aliphatic rings. The second-order valence-corrected chi connectivity index (χ2v) is 18.2. The zero-order chi connectivity index (χ0) is 22.3. The minimum Gasteiger partial charge on any atom is -0.394 e. The van der Waals surface area contributed by atoms with Crippen molar-refractivity contribution in [1.82, 2.24) is 0 Å². The molecule has 28 heavy (non-hydrogen) atoms. The Hall–Kier alpha value is -0.369. The predicted octanol–water partition coefficient (Wildman–Crippen LogP) is 4.15. The summed E-state index contributed by atoms with van der Waals surface area (Å²) in [6.07, 6.45) is 1.34. The summed E-state index contributed by atoms with van der Waals surface area (Å²) in [5, 5.41) is -0.770. The Labute approximate surface area is 175 Å². The third-order valence-electron chi connectivity index (χ3n) is 6.36. The molecule has 0 amide bonds. The Balaban J connectivity index is 6.84. The molecule has 0 aliphatic carbocycles. The van der Waals surface area contributed by atoms with Crippen molar-refractivity contribution in [2.45, 2.75) is 50.4 Å². The van der Waals surface area contributed by atoms with Crippen molar-refractivity contribution in [3.05, 3.63) is 36.8 Å². The highest BCUT2D eigenvalue weighted by Crippen LogP contribution is 2.53. The second-order valence-electron chi connectivity index (χ2n) is 7.01. The van der Waals surface area contributed by atoms with Crippen LogP contribution in [0.4, 0.5) is 0 Å². The molecular weight excluding hydrogens is 408 g/mol. The molecule has 0 saturated carbocycles. The third-order valence-corrected chi connectivity index (χ3v) is 19.8. The summed E-state index contributed by atoms with van der Waals surface area (Å²) in [4.78, 5) is 0. The van der Waals surface area contributed by atoms with Crippen molar-refractivity contribution in [3.63, 3.8) is 0 Å². The topological polar surface area (TPSA) is 55.4 Å². The van der Waals surface area contributed by atoms with Crippen LogP contribution in [0, 0.1) is 0 Å². The summed E-state index contributed by atoms with van der Waals surface area (Å²) in [5.41, 5.74) is 5.35. The van der Waals surface area contributed by atoms with E-state index in [2.05, 4.69) is 33.6 Å². The maximum Gasteiger partial charge on any atom is 0.395 e. The van der Waals surface area contributed by atoms with E-state index >= 15 is 0 Å². The lowest BCUT2D eigenvalue weighted by molar-refractivity contribution is 0.0460. The highest BCUT2D eigenvalue weighted by Gasteiger charge is 2.69. The van der Waals surface area contributed by atoms with Crippen LogP contribution in [-0.2, 0) is 26.6 Å². The monoisotopic (exact) mass is 448 g/mol. The van der Waals surface area contributed by atoms with Crippen molar-refractivity contribution < 1.29 is 26.6 Å². The Morgan fingerprint density at radius 2 is 1.00 bits per heavy atom. The average Bonchev–Trinajstić information content (AvgIpc) is 2.74. The maximum absolute atomic E-state index is 6.94. The lowest BCUT2D eigenvalue weighted by Gasteiger charge is -2.53. The predicted molar refractivity (Wildman–Crippen MR) is 121 cm³/mol. The van der Waals surface area contributed by atoms with Gasteiger partial charge in [0.05, 0.1) is 4.66 Å². The van der Waals surface area contributed by atoms with Crippen molar-refractivity contribution in [1.29, 1.82) is 0 Å². The van der Waals surface area contributed by atoms with Crippen LogP contribution in [0.5, 0.6) is 0 Å². The molecule has 0 aromatic carbocycles. The molecule has 0 fully saturated rings. The molecule has 0 saturated heterocycles. The first-order valence-electron chi connectivity index (χ1n) is 9.43. The summed E-state index contributed by atoms with van der Waals surface area (Å²) in [6, 6.07) is 0. The van der Waals surface area contributed by atoms with Gasteiger partial charge in [0.1, 0.15) is 5.22 Å². The lowest BCUT2D eigenvalue weighted by Crippen LogP contribution is -2.71. The molecule has 2 unspecified atom stereocenters. The maximum atomic E-state index is 6.94. The van der Waals surface area contributed by atoms with E-state index in [-0.39, 0.29) is 0 Å². The van der Waals surface area contributed by atoms with Gasteiger partial charge in [0.25, 0.3) is 0 Å². The number of hydrogen-bond acceptors (Lipinski definition) is 6. The Morgan fingerprint density at radius 3 is 1.21 bits per heavy atom. The Bertz CT molecular complexity index is 538. The molecule has 0 heterocycles. The van der Waals surface area contributed by atoms with E-state index in [1.807, 2.05) is 13.8 Å². The fourth-order valence-corrected chi connectivity index (χ4v) is 16.1. The smallest absolute Gasteiger partial charge is 0.394 e. The van der Waals surface area contributed by atoms with Gasteiger partial charge in [0, 0.05) is 35.5 Å². The molecule has 0 rings (SSSR count). The molecule has 0 bridgehead atoms. The van der Waals surface area contributed by atoms with Gasteiger partial charge >= 0.3 is 25.7 Å². The quantitative estimate of drug-likeness (QED) is 0.351. The molecule has 164 valence electrons. The first kappa shape index (κ1) is 27.6. The van der Waals surface area contributed by atoms with Gasteiger partial charge in [-0.3, -0.25) is 0 Å². The molecule has 9 heteroatoms. The van der Waals surface area contributed by atoms with E-state index < -0.39 is 35.6 Å². The molecule has 0 aromatic heterocycles. The molecule has 0 radical (unpaired) electrons. The van der Waals surface area contributed by atoms with Crippen LogP contribution in [0.2, 0.25) is 4.66 Å². The Kier molecular flexibility index (Phi) is 10.5. The SMILES string of the molecule is C=C[Si](OC)(OC)C(C)(CC)[Si](C=C)(OC)O[C@](C)(CC)[Si](C=C)(OC)OC. The van der Waals surface area contributed by atoms with Gasteiger partial charge in [0.15, 0.2) is 0 Å². The van der Waals surface area contributed by atoms with Crippen LogP contribution in [0.1, 0.15) is 40.5 Å². The normalized spacial score (nSPS) is 19.2. The van der Waals surface area contributed by atoms with E-state index in [0.717, 1.165) is 0 Å². The average molecular weight is 449 g/mol. The minimum atomic E-state index is -3.18. The van der Waals surface area contributed by atoms with E-state index in [1.165, 1.54) is 0 Å². The lowest BCUT2D eigenvalue weighted by atomic mass is 10.3. The van der Waals surface area contributed by atoms with Gasteiger partial charge in [-0.2, -0.15) is 0 Å². The van der Waals surface area contributed by atoms with Crippen molar-refractivity contribution in [2.75, 3.05) is 35.5 Å². The van der Waals surface area contributed by atoms with Crippen LogP contribution >= 0.6 is 0 Å². The molecule has 0 N–H and O–H groups in total. The van der Waals surface area contributed by atoms with Crippen molar-refractivity contribution >= 4 is 25.7 Å². The highest BCUT2D eigenvalue weighted by atomic mass is 28.4. The first-order valence-corrected chi connectivity index (χ1v) is 15.1. The summed E-state index contributed by atoms with van der Waals surface area (Å²) in [6.45, 7) is 20.3. The largest absolute Gasteiger partial charge is 0.395 e. The first-order chi connectivity index (χ1) is 13.1. The van der Waals surface area contributed by atoms with E-state index in [4.69, 9.17) is 26.6 Å². The van der Waals surface area contributed by atoms with Crippen molar-refractivity contribution in [2.24, 2.45) is 0 Å². The summed E-state index contributed by atoms with van der Waals surface area (Å²) >= 11 is 0. The van der Waals surface area contributed by atoms with Crippen LogP contribution in [0.15, 0.2) is 36.8 Å². The molecule has 0 spiro atoms. The van der Waals surface area contributed by atoms with Crippen LogP contribution < -0.4 is 0 Å². The molecule has 6 nitrogen and oxygen atoms in total. The molecule has 3 atom stereocenters. The van der Waals surface area contributed by atoms with Crippen LogP contribution in [0.25, 0.3) is 0 Å². The van der Waals surface area contributed by atoms with Gasteiger partial charge in [-0.15, -0.1) is 19.7 Å². The van der Waals surface area contributed by atoms with E-state index in [1.54, 1.807) is 52.6 Å². The summed E-state index contributed by atoms with van der Waals surface area (Å²) < 4.78 is 36.2. The zero-order valence-corrected chi connectivity index (χ0v) is 22.2. The van der Waals surface area contributed by atoms with Gasteiger partial charge in [0.2, 0.25) is 0 Å². The fraction of sp³-hybridized carbons (Fsp3) is 0.684. The van der Waals surface area contributed by atoms with Gasteiger partial charge in [-0.25, -0.2) is 0 Å². The standard InChI is InChI=1S/C19H40O6Si3/c1-13-18(6,26(15-3,20-8)21-9)25-28(17-5,24-12)19(7,14-2)27(16-4,22-10)23-11/h15-17H,3-5,13-14H2,1-2,6-12H3/t18-,19?,28?/m0/s1. The van der Waals surface area contributed by atoms with Crippen molar-refractivity contribution in [3.8, 4) is 0 Å². The highest BCUT2D eigenvalue weighted by molar-refractivity contribution is 6.95. The molecule has 0 aliphatic heterocycles. The van der Waals surface area contributed by atoms with Gasteiger partial charge < -0.3 is 26.6 Å². The molecular formula is C19H40O6Si3. The van der Waals surface area contributed by atoms with Gasteiger partial charge in [-0.05, 0) is 36.9 Å². The van der Waals surface area contributed by atoms with E-state index in [9.17, 15) is 0 Å². The third kappa shape index (κ3) is 3.96. The summed E-state index contributed by atoms with van der Waals surface area (Å²) in [5.74, 6) is 0. The van der Waals surface area contributed by atoms with Gasteiger partial charge in [-0.1, -0.05) is 20.8 Å².